The van der Waals surface area contributed by atoms with E-state index >= 15 is 0 Å². The summed E-state index contributed by atoms with van der Waals surface area (Å²) in [4.78, 5) is 48.2. The molecule has 2 amide bonds. The second-order valence-corrected chi connectivity index (χ2v) is 10.1. The van der Waals surface area contributed by atoms with Crippen molar-refractivity contribution >= 4 is 50.8 Å². The van der Waals surface area contributed by atoms with Crippen molar-refractivity contribution in [3.8, 4) is 0 Å². The minimum Gasteiger partial charge on any atom is -0.336 e. The number of benzene rings is 1. The number of aryl methyl sites for hydroxylation is 2. The normalized spacial score (nSPS) is 13.0. The van der Waals surface area contributed by atoms with Gasteiger partial charge in [0, 0.05) is 29.8 Å². The standard InChI is InChI=1S/C23H26N4O3S2/c1-27(13-19(28)24-15-7-3-2-4-8-15)20(29)11-12-31-14-18-25-22(30)21-16-9-5-6-10-17(16)32-23(21)26-18/h2-4,7-8H,5-6,9-14H2,1H3,(H,24,28)(H,25,26,30). The van der Waals surface area contributed by atoms with Gasteiger partial charge in [0.25, 0.3) is 5.56 Å². The zero-order chi connectivity index (χ0) is 22.5. The average molecular weight is 471 g/mol. The summed E-state index contributed by atoms with van der Waals surface area (Å²) in [5, 5.41) is 3.54. The van der Waals surface area contributed by atoms with Crippen LogP contribution in [0.4, 0.5) is 5.69 Å². The summed E-state index contributed by atoms with van der Waals surface area (Å²) in [7, 11) is 1.63. The van der Waals surface area contributed by atoms with Crippen LogP contribution in [-0.2, 0) is 28.2 Å². The van der Waals surface area contributed by atoms with Gasteiger partial charge in [0.05, 0.1) is 17.7 Å². The third kappa shape index (κ3) is 5.39. The summed E-state index contributed by atoms with van der Waals surface area (Å²) < 4.78 is 0. The summed E-state index contributed by atoms with van der Waals surface area (Å²) in [6.45, 7) is 0.00693. The highest BCUT2D eigenvalue weighted by molar-refractivity contribution is 7.98. The molecule has 0 unspecified atom stereocenters. The van der Waals surface area contributed by atoms with Gasteiger partial charge in [0.15, 0.2) is 0 Å². The molecule has 3 aromatic rings. The number of carbonyl (C=O) groups excluding carboxylic acids is 2. The van der Waals surface area contributed by atoms with Gasteiger partial charge >= 0.3 is 0 Å². The fourth-order valence-electron chi connectivity index (χ4n) is 3.82. The van der Waals surface area contributed by atoms with Gasteiger partial charge in [0.2, 0.25) is 11.8 Å². The van der Waals surface area contributed by atoms with Crippen LogP contribution >= 0.6 is 23.1 Å². The highest BCUT2D eigenvalue weighted by Gasteiger charge is 2.20. The molecule has 0 radical (unpaired) electrons. The monoisotopic (exact) mass is 470 g/mol. The van der Waals surface area contributed by atoms with Crippen LogP contribution < -0.4 is 10.9 Å². The largest absolute Gasteiger partial charge is 0.336 e. The van der Waals surface area contributed by atoms with Crippen molar-refractivity contribution in [3.63, 3.8) is 0 Å². The molecule has 0 atom stereocenters. The van der Waals surface area contributed by atoms with Crippen LogP contribution in [-0.4, -0.2) is 46.0 Å². The van der Waals surface area contributed by atoms with Crippen LogP contribution in [0.2, 0.25) is 0 Å². The van der Waals surface area contributed by atoms with E-state index < -0.39 is 0 Å². The second kappa shape index (κ2) is 10.3. The van der Waals surface area contributed by atoms with Crippen molar-refractivity contribution in [2.24, 2.45) is 0 Å². The Hall–Kier alpha value is -2.65. The Bertz CT molecular complexity index is 1170. The Morgan fingerprint density at radius 1 is 1.22 bits per heavy atom. The van der Waals surface area contributed by atoms with Gasteiger partial charge in [-0.2, -0.15) is 11.8 Å². The number of para-hydroxylation sites is 1. The number of carbonyl (C=O) groups is 2. The summed E-state index contributed by atoms with van der Waals surface area (Å²) in [5.74, 6) is 1.46. The maximum absolute atomic E-state index is 12.6. The number of nitrogens with one attached hydrogen (secondary N) is 2. The van der Waals surface area contributed by atoms with Gasteiger partial charge < -0.3 is 15.2 Å². The molecule has 168 valence electrons. The minimum absolute atomic E-state index is 0.00693. The first-order valence-electron chi connectivity index (χ1n) is 10.7. The fraction of sp³-hybridized carbons (Fsp3) is 0.391. The van der Waals surface area contributed by atoms with Crippen molar-refractivity contribution in [1.29, 1.82) is 0 Å². The smallest absolute Gasteiger partial charge is 0.259 e. The van der Waals surface area contributed by atoms with Crippen molar-refractivity contribution in [1.82, 2.24) is 14.9 Å². The lowest BCUT2D eigenvalue weighted by Gasteiger charge is -2.16. The van der Waals surface area contributed by atoms with Crippen LogP contribution in [0, 0.1) is 0 Å². The number of fused-ring (bicyclic) bond motifs is 3. The molecule has 7 nitrogen and oxygen atoms in total. The Labute approximate surface area is 194 Å². The molecule has 1 aliphatic carbocycles. The summed E-state index contributed by atoms with van der Waals surface area (Å²) in [6, 6.07) is 9.16. The Morgan fingerprint density at radius 3 is 2.81 bits per heavy atom. The molecular weight excluding hydrogens is 444 g/mol. The van der Waals surface area contributed by atoms with Gasteiger partial charge in [0.1, 0.15) is 10.7 Å². The maximum atomic E-state index is 12.6. The van der Waals surface area contributed by atoms with Gasteiger partial charge in [-0.3, -0.25) is 14.4 Å². The Kier molecular flexibility index (Phi) is 7.26. The molecule has 0 bridgehead atoms. The molecule has 9 heteroatoms. The van der Waals surface area contributed by atoms with Crippen LogP contribution in [0.3, 0.4) is 0 Å². The van der Waals surface area contributed by atoms with Crippen molar-refractivity contribution in [2.75, 3.05) is 24.7 Å². The summed E-state index contributed by atoms with van der Waals surface area (Å²) >= 11 is 3.19. The van der Waals surface area contributed by atoms with Gasteiger partial charge in [-0.05, 0) is 43.4 Å². The van der Waals surface area contributed by atoms with E-state index in [4.69, 9.17) is 0 Å². The second-order valence-electron chi connectivity index (χ2n) is 7.87. The van der Waals surface area contributed by atoms with E-state index in [0.717, 1.165) is 29.5 Å². The highest BCUT2D eigenvalue weighted by Crippen LogP contribution is 2.33. The van der Waals surface area contributed by atoms with Crippen LogP contribution in [0.15, 0.2) is 35.1 Å². The highest BCUT2D eigenvalue weighted by atomic mass is 32.2. The number of thioether (sulfide) groups is 1. The molecule has 32 heavy (non-hydrogen) atoms. The molecular formula is C23H26N4O3S2. The lowest BCUT2D eigenvalue weighted by atomic mass is 9.97. The molecule has 2 aromatic heterocycles. The third-order valence-electron chi connectivity index (χ3n) is 5.44. The number of aromatic nitrogens is 2. The molecule has 0 saturated heterocycles. The molecule has 2 heterocycles. The fourth-order valence-corrected chi connectivity index (χ4v) is 5.90. The number of H-pyrrole nitrogens is 1. The van der Waals surface area contributed by atoms with E-state index in [-0.39, 0.29) is 23.9 Å². The van der Waals surface area contributed by atoms with Crippen molar-refractivity contribution in [2.45, 2.75) is 37.9 Å². The molecule has 2 N–H and O–H groups in total. The number of hydrogen-bond donors (Lipinski definition) is 2. The van der Waals surface area contributed by atoms with Crippen LogP contribution in [0.5, 0.6) is 0 Å². The van der Waals surface area contributed by atoms with Crippen molar-refractivity contribution < 1.29 is 9.59 Å². The first-order valence-corrected chi connectivity index (χ1v) is 12.7. The van der Waals surface area contributed by atoms with E-state index in [1.54, 1.807) is 42.3 Å². The van der Waals surface area contributed by atoms with Crippen LogP contribution in [0.1, 0.15) is 35.5 Å². The average Bonchev–Trinajstić information content (AvgIpc) is 3.16. The van der Waals surface area contributed by atoms with Gasteiger partial charge in [-0.25, -0.2) is 4.98 Å². The first kappa shape index (κ1) is 22.5. The lowest BCUT2D eigenvalue weighted by Crippen LogP contribution is -2.35. The molecule has 1 aromatic carbocycles. The van der Waals surface area contributed by atoms with Gasteiger partial charge in [-0.15, -0.1) is 11.3 Å². The number of hydrogen-bond acceptors (Lipinski definition) is 6. The summed E-state index contributed by atoms with van der Waals surface area (Å²) in [6.07, 6.45) is 4.63. The minimum atomic E-state index is -0.228. The molecule has 0 aliphatic heterocycles. The number of anilines is 1. The zero-order valence-corrected chi connectivity index (χ0v) is 19.6. The predicted molar refractivity (Wildman–Crippen MR) is 130 cm³/mol. The Morgan fingerprint density at radius 2 is 2.00 bits per heavy atom. The molecule has 0 fully saturated rings. The lowest BCUT2D eigenvalue weighted by molar-refractivity contribution is -0.132. The molecule has 1 aliphatic rings. The third-order valence-corrected chi connectivity index (χ3v) is 7.59. The number of likely N-dealkylation sites (N-methyl/N-ethyl adjacent to an activating group) is 1. The van der Waals surface area contributed by atoms with E-state index in [1.807, 2.05) is 18.2 Å². The molecule has 4 rings (SSSR count). The topological polar surface area (TPSA) is 95.2 Å². The quantitative estimate of drug-likeness (QED) is 0.491. The summed E-state index contributed by atoms with van der Waals surface area (Å²) in [5.41, 5.74) is 1.85. The Balaban J connectivity index is 1.25. The molecule has 0 saturated carbocycles. The van der Waals surface area contributed by atoms with E-state index in [1.165, 1.54) is 21.8 Å². The van der Waals surface area contributed by atoms with E-state index in [0.29, 0.717) is 29.4 Å². The number of thiophene rings is 1. The SMILES string of the molecule is CN(CC(=O)Nc1ccccc1)C(=O)CCSCc1nc2sc3c(c2c(=O)[nH]1)CCCC3. The number of aromatic amines is 1. The van der Waals surface area contributed by atoms with E-state index in [9.17, 15) is 14.4 Å². The van der Waals surface area contributed by atoms with Crippen molar-refractivity contribution in [3.05, 3.63) is 57.0 Å². The number of amides is 2. The number of rotatable bonds is 8. The predicted octanol–water partition coefficient (Wildman–Crippen LogP) is 3.58. The first-order chi connectivity index (χ1) is 15.5. The van der Waals surface area contributed by atoms with E-state index in [2.05, 4.69) is 15.3 Å². The van der Waals surface area contributed by atoms with Gasteiger partial charge in [-0.1, -0.05) is 18.2 Å². The maximum Gasteiger partial charge on any atom is 0.259 e. The zero-order valence-electron chi connectivity index (χ0n) is 18.0. The van der Waals surface area contributed by atoms with Crippen LogP contribution in [0.25, 0.3) is 10.2 Å². The molecule has 0 spiro atoms. The number of nitrogens with zero attached hydrogens (tertiary/aromatic N) is 2.